The van der Waals surface area contributed by atoms with E-state index >= 15 is 0 Å². The number of hydrogen-bond acceptors (Lipinski definition) is 2. The molecule has 0 heterocycles. The van der Waals surface area contributed by atoms with Crippen LogP contribution in [0.15, 0.2) is 53.7 Å². The van der Waals surface area contributed by atoms with Gasteiger partial charge in [0, 0.05) is 5.56 Å². The molecule has 0 saturated heterocycles. The summed E-state index contributed by atoms with van der Waals surface area (Å²) in [5.41, 5.74) is 4.80. The van der Waals surface area contributed by atoms with Gasteiger partial charge in [-0.25, -0.2) is 0 Å². The fourth-order valence-corrected chi connectivity index (χ4v) is 3.26. The smallest absolute Gasteiger partial charge is 0.142 e. The molecule has 0 atom stereocenters. The van der Waals surface area contributed by atoms with Gasteiger partial charge in [-0.15, -0.1) is 0 Å². The topological polar surface area (TPSA) is 21.6 Å². The van der Waals surface area contributed by atoms with E-state index < -0.39 is 0 Å². The maximum atomic E-state index is 5.40. The maximum Gasteiger partial charge on any atom is 0.142 e. The van der Waals surface area contributed by atoms with Crippen LogP contribution in [0.25, 0.3) is 0 Å². The zero-order chi connectivity index (χ0) is 15.9. The Hall–Kier alpha value is -2.09. The van der Waals surface area contributed by atoms with Crippen LogP contribution in [0.4, 0.5) is 0 Å². The molecule has 2 nitrogen and oxygen atoms in total. The lowest BCUT2D eigenvalue weighted by Gasteiger charge is -2.22. The van der Waals surface area contributed by atoms with Gasteiger partial charge in [0.25, 0.3) is 0 Å². The molecule has 2 aromatic rings. The van der Waals surface area contributed by atoms with Crippen molar-refractivity contribution in [3.05, 3.63) is 70.8 Å². The van der Waals surface area contributed by atoms with Crippen LogP contribution in [0.5, 0.6) is 0 Å². The maximum absolute atomic E-state index is 5.40. The van der Waals surface area contributed by atoms with Crippen LogP contribution >= 0.6 is 0 Å². The van der Waals surface area contributed by atoms with Gasteiger partial charge in [-0.05, 0) is 48.4 Å². The highest BCUT2D eigenvalue weighted by molar-refractivity contribution is 5.79. The predicted octanol–water partition coefficient (Wildman–Crippen LogP) is 5.47. The van der Waals surface area contributed by atoms with Gasteiger partial charge in [0.05, 0.1) is 0 Å². The predicted molar refractivity (Wildman–Crippen MR) is 94.8 cm³/mol. The zero-order valence-electron chi connectivity index (χ0n) is 13.8. The minimum Gasteiger partial charge on any atom is -0.390 e. The molecule has 0 unspecified atom stereocenters. The largest absolute Gasteiger partial charge is 0.390 e. The van der Waals surface area contributed by atoms with Gasteiger partial charge < -0.3 is 4.84 Å². The summed E-state index contributed by atoms with van der Waals surface area (Å²) >= 11 is 0. The Balaban J connectivity index is 1.58. The number of benzene rings is 2. The summed E-state index contributed by atoms with van der Waals surface area (Å²) < 4.78 is 0. The third-order valence-electron chi connectivity index (χ3n) is 4.68. The Labute approximate surface area is 139 Å². The van der Waals surface area contributed by atoms with Crippen molar-refractivity contribution in [3.63, 3.8) is 0 Å². The first-order valence-electron chi connectivity index (χ1n) is 8.55. The lowest BCUT2D eigenvalue weighted by atomic mass is 9.84. The van der Waals surface area contributed by atoms with Gasteiger partial charge in [-0.2, -0.15) is 0 Å². The van der Waals surface area contributed by atoms with E-state index in [1.165, 1.54) is 43.2 Å². The molecule has 0 aromatic heterocycles. The standard InChI is InChI=1S/C21H24NO/c1-17-8-5-6-12-21(17)16-23-22-15-18-9-7-13-20(14-18)19-10-3-2-4-11-19/h5-9,12-14,19H,2-4,10-11,16H2,1H3. The van der Waals surface area contributed by atoms with Crippen LogP contribution in [0.1, 0.15) is 60.3 Å². The molecular formula is C21H24NO. The van der Waals surface area contributed by atoms with Crippen LogP contribution in [0, 0.1) is 6.92 Å². The monoisotopic (exact) mass is 306 g/mol. The van der Waals surface area contributed by atoms with E-state index in [0.717, 1.165) is 11.1 Å². The molecule has 1 fully saturated rings. The fraction of sp³-hybridized carbons (Fsp3) is 0.381. The third-order valence-corrected chi connectivity index (χ3v) is 4.68. The van der Waals surface area contributed by atoms with E-state index in [9.17, 15) is 0 Å². The van der Waals surface area contributed by atoms with Crippen molar-refractivity contribution in [2.45, 2.75) is 51.6 Å². The molecule has 1 aliphatic carbocycles. The molecule has 3 rings (SSSR count). The normalized spacial score (nSPS) is 15.9. The molecule has 2 heteroatoms. The van der Waals surface area contributed by atoms with Crippen LogP contribution in [-0.2, 0) is 11.4 Å². The number of nitrogens with zero attached hydrogens (tertiary/aromatic N) is 1. The van der Waals surface area contributed by atoms with Crippen molar-refractivity contribution >= 4 is 6.21 Å². The Bertz CT molecular complexity index is 656. The van der Waals surface area contributed by atoms with E-state index in [-0.39, 0.29) is 0 Å². The summed E-state index contributed by atoms with van der Waals surface area (Å²) in [5, 5.41) is 4.01. The zero-order valence-corrected chi connectivity index (χ0v) is 13.8. The van der Waals surface area contributed by atoms with Gasteiger partial charge in [-0.3, -0.25) is 0 Å². The lowest BCUT2D eigenvalue weighted by molar-refractivity contribution is 0.131. The highest BCUT2D eigenvalue weighted by atomic mass is 16.6. The highest BCUT2D eigenvalue weighted by Crippen LogP contribution is 2.32. The average Bonchev–Trinajstić information content (AvgIpc) is 2.61. The van der Waals surface area contributed by atoms with Crippen molar-refractivity contribution in [2.75, 3.05) is 0 Å². The molecule has 1 saturated carbocycles. The fourth-order valence-electron chi connectivity index (χ4n) is 3.26. The van der Waals surface area contributed by atoms with Gasteiger partial charge in [0.1, 0.15) is 12.8 Å². The van der Waals surface area contributed by atoms with Gasteiger partial charge in [-0.1, -0.05) is 66.9 Å². The summed E-state index contributed by atoms with van der Waals surface area (Å²) in [6, 6.07) is 16.8. The average molecular weight is 306 g/mol. The van der Waals surface area contributed by atoms with Crippen molar-refractivity contribution in [3.8, 4) is 0 Å². The Kier molecular flexibility index (Phi) is 5.46. The van der Waals surface area contributed by atoms with Crippen LogP contribution in [-0.4, -0.2) is 6.21 Å². The van der Waals surface area contributed by atoms with Gasteiger partial charge in [0.2, 0.25) is 0 Å². The first-order chi connectivity index (χ1) is 11.3. The number of rotatable bonds is 5. The van der Waals surface area contributed by atoms with E-state index in [1.807, 2.05) is 18.2 Å². The minimum atomic E-state index is 0.488. The third kappa shape index (κ3) is 4.44. The van der Waals surface area contributed by atoms with E-state index in [2.05, 4.69) is 48.6 Å². The molecule has 0 bridgehead atoms. The second-order valence-electron chi connectivity index (χ2n) is 6.36. The second kappa shape index (κ2) is 7.96. The molecule has 0 spiro atoms. The van der Waals surface area contributed by atoms with Gasteiger partial charge >= 0.3 is 0 Å². The van der Waals surface area contributed by atoms with E-state index in [1.54, 1.807) is 0 Å². The molecular weight excluding hydrogens is 282 g/mol. The summed E-state index contributed by atoms with van der Waals surface area (Å²) in [4.78, 5) is 5.40. The molecule has 0 amide bonds. The lowest BCUT2D eigenvalue weighted by Crippen LogP contribution is -2.04. The highest BCUT2D eigenvalue weighted by Gasteiger charge is 2.15. The molecule has 2 aromatic carbocycles. The Morgan fingerprint density at radius 3 is 2.70 bits per heavy atom. The first-order valence-corrected chi connectivity index (χ1v) is 8.55. The summed E-state index contributed by atoms with van der Waals surface area (Å²) in [6.07, 6.45) is 9.73. The molecule has 1 aliphatic rings. The van der Waals surface area contributed by atoms with Crippen molar-refractivity contribution in [1.29, 1.82) is 0 Å². The van der Waals surface area contributed by atoms with Gasteiger partial charge in [0.15, 0.2) is 0 Å². The molecule has 1 radical (unpaired) electrons. The van der Waals surface area contributed by atoms with Crippen LogP contribution in [0.2, 0.25) is 0 Å². The van der Waals surface area contributed by atoms with Crippen molar-refractivity contribution < 1.29 is 4.84 Å². The van der Waals surface area contributed by atoms with E-state index in [0.29, 0.717) is 12.5 Å². The Morgan fingerprint density at radius 1 is 1.04 bits per heavy atom. The summed E-state index contributed by atoms with van der Waals surface area (Å²) in [5.74, 6) is 0.707. The van der Waals surface area contributed by atoms with Crippen LogP contribution < -0.4 is 0 Å². The summed E-state index contributed by atoms with van der Waals surface area (Å²) in [7, 11) is 0. The van der Waals surface area contributed by atoms with Crippen LogP contribution in [0.3, 0.4) is 0 Å². The van der Waals surface area contributed by atoms with Crippen molar-refractivity contribution in [1.82, 2.24) is 0 Å². The quantitative estimate of drug-likeness (QED) is 0.530. The minimum absolute atomic E-state index is 0.488. The SMILES string of the molecule is Cc1ccccc1CO/N=[C]\c1cccc(C2CCCCC2)c1. The molecule has 23 heavy (non-hydrogen) atoms. The number of aryl methyl sites for hydroxylation is 1. The second-order valence-corrected chi connectivity index (χ2v) is 6.36. The molecule has 0 aliphatic heterocycles. The van der Waals surface area contributed by atoms with E-state index in [4.69, 9.17) is 4.84 Å². The van der Waals surface area contributed by atoms with Crippen molar-refractivity contribution in [2.24, 2.45) is 5.16 Å². The Morgan fingerprint density at radius 2 is 1.87 bits per heavy atom. The summed E-state index contributed by atoms with van der Waals surface area (Å²) in [6.45, 7) is 2.57. The number of hydrogen-bond donors (Lipinski definition) is 0. The first kappa shape index (κ1) is 15.8. The molecule has 0 N–H and O–H groups in total. The molecule has 119 valence electrons.